The Labute approximate surface area is 178 Å². The van der Waals surface area contributed by atoms with Crippen LogP contribution in [0.25, 0.3) is 0 Å². The molecule has 1 amide bonds. The van der Waals surface area contributed by atoms with Crippen LogP contribution in [0.4, 0.5) is 10.1 Å². The highest BCUT2D eigenvalue weighted by molar-refractivity contribution is 7.92. The Morgan fingerprint density at radius 1 is 1.10 bits per heavy atom. The first-order valence-corrected chi connectivity index (χ1v) is 11.9. The molecule has 0 aromatic heterocycles. The minimum absolute atomic E-state index is 0.00614. The van der Waals surface area contributed by atoms with Crippen molar-refractivity contribution in [3.05, 3.63) is 59.9 Å². The number of amides is 1. The van der Waals surface area contributed by atoms with E-state index in [2.05, 4.69) is 5.32 Å². The van der Waals surface area contributed by atoms with Crippen LogP contribution < -0.4 is 14.4 Å². The fraction of sp³-hybridized carbons (Fsp3) is 0.409. The maximum absolute atomic E-state index is 14.0. The third-order valence-electron chi connectivity index (χ3n) is 4.50. The molecule has 0 aliphatic heterocycles. The van der Waals surface area contributed by atoms with E-state index in [1.807, 2.05) is 31.2 Å². The molecule has 0 heterocycles. The maximum atomic E-state index is 14.0. The summed E-state index contributed by atoms with van der Waals surface area (Å²) in [5, 5.41) is 2.85. The van der Waals surface area contributed by atoms with Crippen LogP contribution in [0, 0.1) is 5.82 Å². The lowest BCUT2D eigenvalue weighted by Gasteiger charge is -2.22. The summed E-state index contributed by atoms with van der Waals surface area (Å²) >= 11 is 0. The first kappa shape index (κ1) is 23.7. The Morgan fingerprint density at radius 2 is 1.80 bits per heavy atom. The van der Waals surface area contributed by atoms with Gasteiger partial charge in [0.2, 0.25) is 15.9 Å². The van der Waals surface area contributed by atoms with Crippen molar-refractivity contribution in [1.82, 2.24) is 5.32 Å². The Bertz CT molecular complexity index is 934. The summed E-state index contributed by atoms with van der Waals surface area (Å²) in [5.74, 6) is 0.0927. The summed E-state index contributed by atoms with van der Waals surface area (Å²) in [4.78, 5) is 12.1. The number of rotatable bonds is 12. The van der Waals surface area contributed by atoms with Crippen LogP contribution >= 0.6 is 0 Å². The lowest BCUT2D eigenvalue weighted by Crippen LogP contribution is -2.33. The summed E-state index contributed by atoms with van der Waals surface area (Å²) in [6.45, 7) is 3.09. The monoisotopic (exact) mass is 436 g/mol. The third kappa shape index (κ3) is 7.33. The van der Waals surface area contributed by atoms with E-state index in [1.165, 1.54) is 18.2 Å². The van der Waals surface area contributed by atoms with E-state index in [9.17, 15) is 17.6 Å². The second kappa shape index (κ2) is 11.5. The second-order valence-electron chi connectivity index (χ2n) is 6.88. The van der Waals surface area contributed by atoms with Crippen LogP contribution in [-0.2, 0) is 21.2 Å². The van der Waals surface area contributed by atoms with Gasteiger partial charge in [-0.05, 0) is 49.9 Å². The van der Waals surface area contributed by atoms with Crippen LogP contribution in [0.15, 0.2) is 48.5 Å². The number of sulfonamides is 1. The normalized spacial score (nSPS) is 11.2. The van der Waals surface area contributed by atoms with E-state index in [0.29, 0.717) is 19.6 Å². The van der Waals surface area contributed by atoms with E-state index in [-0.39, 0.29) is 24.6 Å². The van der Waals surface area contributed by atoms with Crippen LogP contribution in [0.3, 0.4) is 0 Å². The SMILES string of the molecule is CCOc1ccccc1CCCNC(=O)CCCN(c1ccccc1F)S(C)(=O)=O. The van der Waals surface area contributed by atoms with Gasteiger partial charge >= 0.3 is 0 Å². The van der Waals surface area contributed by atoms with Crippen molar-refractivity contribution in [1.29, 1.82) is 0 Å². The van der Waals surface area contributed by atoms with Crippen molar-refractivity contribution in [3.8, 4) is 5.75 Å². The summed E-state index contributed by atoms with van der Waals surface area (Å²) in [6.07, 6.45) is 3.03. The van der Waals surface area contributed by atoms with Gasteiger partial charge in [0.15, 0.2) is 0 Å². The standard InChI is InChI=1S/C22H29FN2O4S/c1-3-29-21-14-7-4-10-18(21)11-8-16-24-22(26)15-9-17-25(30(2,27)28)20-13-6-5-12-19(20)23/h4-7,10,12-14H,3,8-9,11,15-17H2,1-2H3,(H,24,26). The molecule has 2 aromatic rings. The molecule has 0 unspecified atom stereocenters. The molecule has 6 nitrogen and oxygen atoms in total. The molecule has 2 rings (SSSR count). The molecule has 30 heavy (non-hydrogen) atoms. The Hall–Kier alpha value is -2.61. The summed E-state index contributed by atoms with van der Waals surface area (Å²) < 4.78 is 44.6. The van der Waals surface area contributed by atoms with Gasteiger partial charge in [-0.15, -0.1) is 0 Å². The van der Waals surface area contributed by atoms with Crippen LogP contribution in [0.1, 0.15) is 31.7 Å². The van der Waals surface area contributed by atoms with Crippen molar-refractivity contribution >= 4 is 21.6 Å². The predicted molar refractivity (Wildman–Crippen MR) is 117 cm³/mol. The average molecular weight is 437 g/mol. The van der Waals surface area contributed by atoms with Crippen LogP contribution in [0.5, 0.6) is 5.75 Å². The quantitative estimate of drug-likeness (QED) is 0.517. The van der Waals surface area contributed by atoms with Gasteiger partial charge in [0.05, 0.1) is 18.6 Å². The first-order chi connectivity index (χ1) is 14.3. The van der Waals surface area contributed by atoms with E-state index in [4.69, 9.17) is 4.74 Å². The minimum atomic E-state index is -3.65. The molecule has 1 N–H and O–H groups in total. The maximum Gasteiger partial charge on any atom is 0.232 e. The summed E-state index contributed by atoms with van der Waals surface area (Å²) in [6, 6.07) is 13.5. The number of hydrogen-bond acceptors (Lipinski definition) is 4. The highest BCUT2D eigenvalue weighted by Crippen LogP contribution is 2.22. The van der Waals surface area contributed by atoms with Gasteiger partial charge in [-0.2, -0.15) is 0 Å². The van der Waals surface area contributed by atoms with Gasteiger partial charge in [0.25, 0.3) is 0 Å². The Kier molecular flexibility index (Phi) is 9.11. The number of nitrogens with one attached hydrogen (secondary N) is 1. The number of anilines is 1. The molecule has 0 aliphatic carbocycles. The van der Waals surface area contributed by atoms with E-state index in [1.54, 1.807) is 6.07 Å². The predicted octanol–water partition coefficient (Wildman–Crippen LogP) is 3.52. The van der Waals surface area contributed by atoms with Gasteiger partial charge in [-0.1, -0.05) is 30.3 Å². The Morgan fingerprint density at radius 3 is 2.50 bits per heavy atom. The van der Waals surface area contributed by atoms with Crippen molar-refractivity contribution < 1.29 is 22.3 Å². The zero-order valence-corrected chi connectivity index (χ0v) is 18.3. The number of halogens is 1. The number of hydrogen-bond donors (Lipinski definition) is 1. The third-order valence-corrected chi connectivity index (χ3v) is 5.68. The van der Waals surface area contributed by atoms with E-state index >= 15 is 0 Å². The number of nitrogens with zero attached hydrogens (tertiary/aromatic N) is 1. The molecule has 0 fully saturated rings. The van der Waals surface area contributed by atoms with Gasteiger partial charge in [-0.25, -0.2) is 12.8 Å². The molecular weight excluding hydrogens is 407 g/mol. The number of carbonyl (C=O) groups is 1. The largest absolute Gasteiger partial charge is 0.494 e. The zero-order chi connectivity index (χ0) is 22.0. The topological polar surface area (TPSA) is 75.7 Å². The number of para-hydroxylation sites is 2. The number of aryl methyl sites for hydroxylation is 1. The van der Waals surface area contributed by atoms with E-state index < -0.39 is 15.8 Å². The molecule has 0 bridgehead atoms. The lowest BCUT2D eigenvalue weighted by molar-refractivity contribution is -0.121. The minimum Gasteiger partial charge on any atom is -0.494 e. The van der Waals surface area contributed by atoms with Crippen molar-refractivity contribution in [2.24, 2.45) is 0 Å². The van der Waals surface area contributed by atoms with Crippen molar-refractivity contribution in [2.75, 3.05) is 30.3 Å². The smallest absolute Gasteiger partial charge is 0.232 e. The van der Waals surface area contributed by atoms with Crippen molar-refractivity contribution in [2.45, 2.75) is 32.6 Å². The fourth-order valence-corrected chi connectivity index (χ4v) is 4.07. The summed E-state index contributed by atoms with van der Waals surface area (Å²) in [7, 11) is -3.65. The molecule has 0 saturated carbocycles. The number of carbonyl (C=O) groups excluding carboxylic acids is 1. The lowest BCUT2D eigenvalue weighted by atomic mass is 10.1. The molecule has 0 atom stereocenters. The fourth-order valence-electron chi connectivity index (χ4n) is 3.10. The first-order valence-electron chi connectivity index (χ1n) is 10.0. The number of benzene rings is 2. The van der Waals surface area contributed by atoms with E-state index in [0.717, 1.165) is 34.7 Å². The number of ether oxygens (including phenoxy) is 1. The Balaban J connectivity index is 1.77. The molecule has 164 valence electrons. The second-order valence-corrected chi connectivity index (χ2v) is 8.79. The molecule has 8 heteroatoms. The molecule has 0 spiro atoms. The molecule has 2 aromatic carbocycles. The van der Waals surface area contributed by atoms with Gasteiger partial charge in [-0.3, -0.25) is 9.10 Å². The molecule has 0 radical (unpaired) electrons. The molecular formula is C22H29FN2O4S. The van der Waals surface area contributed by atoms with Gasteiger partial charge < -0.3 is 10.1 Å². The summed E-state index contributed by atoms with van der Waals surface area (Å²) in [5.41, 5.74) is 1.09. The zero-order valence-electron chi connectivity index (χ0n) is 17.4. The molecule has 0 aliphatic rings. The van der Waals surface area contributed by atoms with Crippen molar-refractivity contribution in [3.63, 3.8) is 0 Å². The highest BCUT2D eigenvalue weighted by atomic mass is 32.2. The van der Waals surface area contributed by atoms with Gasteiger partial charge in [0, 0.05) is 19.5 Å². The molecule has 0 saturated heterocycles. The average Bonchev–Trinajstić information content (AvgIpc) is 2.70. The highest BCUT2D eigenvalue weighted by Gasteiger charge is 2.20. The van der Waals surface area contributed by atoms with Crippen LogP contribution in [0.2, 0.25) is 0 Å². The van der Waals surface area contributed by atoms with Gasteiger partial charge in [0.1, 0.15) is 11.6 Å². The van der Waals surface area contributed by atoms with Crippen LogP contribution in [-0.4, -0.2) is 40.3 Å².